The second kappa shape index (κ2) is 8.06. The van der Waals surface area contributed by atoms with Gasteiger partial charge in [0.2, 0.25) is 0 Å². The highest BCUT2D eigenvalue weighted by Gasteiger charge is 2.17. The molecule has 3 N–H and O–H groups in total. The van der Waals surface area contributed by atoms with Gasteiger partial charge in [-0.15, -0.1) is 12.4 Å². The number of hydrogen-bond donors (Lipinski definition) is 2. The topological polar surface area (TPSA) is 64.3 Å². The number of anilines is 2. The smallest absolute Gasteiger partial charge is 0.255 e. The number of nitrogen functional groups attached to an aromatic ring is 1. The van der Waals surface area contributed by atoms with Crippen molar-refractivity contribution in [3.05, 3.63) is 53.6 Å². The minimum Gasteiger partial charge on any atom is -0.490 e. The molecule has 0 radical (unpaired) electrons. The van der Waals surface area contributed by atoms with E-state index in [-0.39, 0.29) is 24.4 Å². The van der Waals surface area contributed by atoms with Gasteiger partial charge in [0.15, 0.2) is 0 Å². The molecule has 0 bridgehead atoms. The zero-order chi connectivity index (χ0) is 16.2. The second-order valence-corrected chi connectivity index (χ2v) is 6.08. The van der Waals surface area contributed by atoms with Gasteiger partial charge >= 0.3 is 0 Å². The number of carbonyl (C=O) groups is 1. The molecule has 2 aromatic rings. The van der Waals surface area contributed by atoms with Gasteiger partial charge in [-0.2, -0.15) is 0 Å². The summed E-state index contributed by atoms with van der Waals surface area (Å²) in [4.78, 5) is 12.5. The number of halogens is 1. The summed E-state index contributed by atoms with van der Waals surface area (Å²) >= 11 is 0. The van der Waals surface area contributed by atoms with Crippen LogP contribution in [-0.4, -0.2) is 12.0 Å². The SMILES string of the molecule is Cc1ccc(N)cc1NC(=O)c1cccc(OC2CCCC2)c1.Cl. The van der Waals surface area contributed by atoms with Crippen molar-refractivity contribution >= 4 is 29.7 Å². The second-order valence-electron chi connectivity index (χ2n) is 6.08. The maximum Gasteiger partial charge on any atom is 0.255 e. The summed E-state index contributed by atoms with van der Waals surface area (Å²) in [5.41, 5.74) is 8.71. The Bertz CT molecular complexity index is 712. The molecule has 1 fully saturated rings. The fourth-order valence-corrected chi connectivity index (χ4v) is 2.88. The number of ether oxygens (including phenoxy) is 1. The standard InChI is InChI=1S/C19H22N2O2.ClH/c1-13-9-10-15(20)12-18(13)21-19(22)14-5-4-8-17(11-14)23-16-6-2-3-7-16;/h4-5,8-12,16H,2-3,6-7,20H2,1H3,(H,21,22);1H. The fraction of sp³-hybridized carbons (Fsp3) is 0.316. The molecule has 0 aliphatic heterocycles. The predicted octanol–water partition coefficient (Wildman–Crippen LogP) is 4.57. The highest BCUT2D eigenvalue weighted by atomic mass is 35.5. The molecule has 4 nitrogen and oxygen atoms in total. The molecule has 0 heterocycles. The molecule has 5 heteroatoms. The molecule has 1 saturated carbocycles. The number of amides is 1. The average Bonchev–Trinajstić information content (AvgIpc) is 3.04. The fourth-order valence-electron chi connectivity index (χ4n) is 2.88. The molecule has 3 rings (SSSR count). The van der Waals surface area contributed by atoms with Crippen LogP contribution in [0.5, 0.6) is 5.75 Å². The van der Waals surface area contributed by atoms with Crippen LogP contribution in [0.2, 0.25) is 0 Å². The minimum absolute atomic E-state index is 0. The maximum atomic E-state index is 12.5. The Morgan fingerprint density at radius 1 is 1.17 bits per heavy atom. The van der Waals surface area contributed by atoms with Crippen LogP contribution in [0.15, 0.2) is 42.5 Å². The Balaban J connectivity index is 0.00000208. The van der Waals surface area contributed by atoms with E-state index in [1.54, 1.807) is 18.2 Å². The Morgan fingerprint density at radius 3 is 2.67 bits per heavy atom. The molecule has 0 unspecified atom stereocenters. The van der Waals surface area contributed by atoms with Crippen molar-refractivity contribution in [2.24, 2.45) is 0 Å². The summed E-state index contributed by atoms with van der Waals surface area (Å²) in [6, 6.07) is 12.8. The van der Waals surface area contributed by atoms with E-state index in [1.165, 1.54) is 12.8 Å². The van der Waals surface area contributed by atoms with Crippen LogP contribution in [0.25, 0.3) is 0 Å². The number of benzene rings is 2. The van der Waals surface area contributed by atoms with Crippen molar-refractivity contribution < 1.29 is 9.53 Å². The van der Waals surface area contributed by atoms with E-state index < -0.39 is 0 Å². The summed E-state index contributed by atoms with van der Waals surface area (Å²) in [5, 5.41) is 2.91. The number of nitrogens with one attached hydrogen (secondary N) is 1. The molecule has 1 aliphatic carbocycles. The molecule has 0 saturated heterocycles. The lowest BCUT2D eigenvalue weighted by molar-refractivity contribution is 0.102. The lowest BCUT2D eigenvalue weighted by Gasteiger charge is -2.14. The van der Waals surface area contributed by atoms with Gasteiger partial charge in [-0.05, 0) is 68.5 Å². The molecule has 0 aromatic heterocycles. The predicted molar refractivity (Wildman–Crippen MR) is 100 cm³/mol. The van der Waals surface area contributed by atoms with Crippen molar-refractivity contribution in [3.8, 4) is 5.75 Å². The summed E-state index contributed by atoms with van der Waals surface area (Å²) in [6.45, 7) is 1.94. The summed E-state index contributed by atoms with van der Waals surface area (Å²) < 4.78 is 5.96. The van der Waals surface area contributed by atoms with E-state index in [0.717, 1.165) is 29.8 Å². The van der Waals surface area contributed by atoms with E-state index in [4.69, 9.17) is 10.5 Å². The summed E-state index contributed by atoms with van der Waals surface area (Å²) in [7, 11) is 0. The molecule has 128 valence electrons. The summed E-state index contributed by atoms with van der Waals surface area (Å²) in [6.07, 6.45) is 4.92. The van der Waals surface area contributed by atoms with Crippen molar-refractivity contribution in [2.45, 2.75) is 38.7 Å². The lowest BCUT2D eigenvalue weighted by Crippen LogP contribution is -2.14. The van der Waals surface area contributed by atoms with Gasteiger partial charge in [-0.3, -0.25) is 4.79 Å². The van der Waals surface area contributed by atoms with Crippen LogP contribution in [0.1, 0.15) is 41.6 Å². The third-order valence-corrected chi connectivity index (χ3v) is 4.21. The number of rotatable bonds is 4. The Kier molecular flexibility index (Phi) is 6.10. The Hall–Kier alpha value is -2.20. The van der Waals surface area contributed by atoms with Gasteiger partial charge in [0.05, 0.1) is 6.10 Å². The Labute approximate surface area is 148 Å². The minimum atomic E-state index is -0.157. The van der Waals surface area contributed by atoms with Crippen LogP contribution in [0.4, 0.5) is 11.4 Å². The number of aryl methyl sites for hydroxylation is 1. The quantitative estimate of drug-likeness (QED) is 0.797. The highest BCUT2D eigenvalue weighted by Crippen LogP contribution is 2.25. The van der Waals surface area contributed by atoms with Gasteiger partial charge in [0.1, 0.15) is 5.75 Å². The van der Waals surface area contributed by atoms with Crippen molar-refractivity contribution in [1.29, 1.82) is 0 Å². The van der Waals surface area contributed by atoms with Crippen molar-refractivity contribution in [3.63, 3.8) is 0 Å². The van der Waals surface area contributed by atoms with Crippen LogP contribution >= 0.6 is 12.4 Å². The van der Waals surface area contributed by atoms with Gasteiger partial charge in [0.25, 0.3) is 5.91 Å². The first kappa shape index (κ1) is 18.1. The monoisotopic (exact) mass is 346 g/mol. The highest BCUT2D eigenvalue weighted by molar-refractivity contribution is 6.05. The molecule has 0 spiro atoms. The molecule has 1 amide bonds. The average molecular weight is 347 g/mol. The number of nitrogens with two attached hydrogens (primary N) is 1. The molecule has 2 aromatic carbocycles. The first-order valence-electron chi connectivity index (χ1n) is 8.06. The Morgan fingerprint density at radius 2 is 1.92 bits per heavy atom. The normalized spacial score (nSPS) is 14.0. The van der Waals surface area contributed by atoms with Gasteiger partial charge in [0, 0.05) is 16.9 Å². The van der Waals surface area contributed by atoms with Gasteiger partial charge < -0.3 is 15.8 Å². The zero-order valence-corrected chi connectivity index (χ0v) is 14.6. The summed E-state index contributed by atoms with van der Waals surface area (Å²) in [5.74, 6) is 0.601. The zero-order valence-electron chi connectivity index (χ0n) is 13.7. The third kappa shape index (κ3) is 4.42. The number of hydrogen-bond acceptors (Lipinski definition) is 3. The van der Waals surface area contributed by atoms with Crippen molar-refractivity contribution in [1.82, 2.24) is 0 Å². The van der Waals surface area contributed by atoms with Crippen molar-refractivity contribution in [2.75, 3.05) is 11.1 Å². The van der Waals surface area contributed by atoms with E-state index in [9.17, 15) is 4.79 Å². The lowest BCUT2D eigenvalue weighted by atomic mass is 10.1. The molecular formula is C19H23ClN2O2. The molecule has 24 heavy (non-hydrogen) atoms. The first-order valence-corrected chi connectivity index (χ1v) is 8.06. The first-order chi connectivity index (χ1) is 11.1. The van der Waals surface area contributed by atoms with Gasteiger partial charge in [-0.1, -0.05) is 12.1 Å². The van der Waals surface area contributed by atoms with E-state index in [0.29, 0.717) is 11.3 Å². The van der Waals surface area contributed by atoms with Crippen LogP contribution < -0.4 is 15.8 Å². The van der Waals surface area contributed by atoms with Crippen LogP contribution in [0, 0.1) is 6.92 Å². The van der Waals surface area contributed by atoms with E-state index >= 15 is 0 Å². The van der Waals surface area contributed by atoms with E-state index in [1.807, 2.05) is 31.2 Å². The van der Waals surface area contributed by atoms with Crippen LogP contribution in [0.3, 0.4) is 0 Å². The maximum absolute atomic E-state index is 12.5. The molecule has 0 atom stereocenters. The number of carbonyl (C=O) groups excluding carboxylic acids is 1. The van der Waals surface area contributed by atoms with Crippen LogP contribution in [-0.2, 0) is 0 Å². The molecular weight excluding hydrogens is 324 g/mol. The van der Waals surface area contributed by atoms with E-state index in [2.05, 4.69) is 5.32 Å². The van der Waals surface area contributed by atoms with Gasteiger partial charge in [-0.25, -0.2) is 0 Å². The third-order valence-electron chi connectivity index (χ3n) is 4.21. The largest absolute Gasteiger partial charge is 0.490 e. The molecule has 1 aliphatic rings.